The van der Waals surface area contributed by atoms with Crippen LogP contribution in [0.15, 0.2) is 33.3 Å². The van der Waals surface area contributed by atoms with Crippen molar-refractivity contribution in [2.24, 2.45) is 11.7 Å². The Balaban J connectivity index is 2.22. The third kappa shape index (κ3) is 2.79. The van der Waals surface area contributed by atoms with Gasteiger partial charge in [0.15, 0.2) is 0 Å². The summed E-state index contributed by atoms with van der Waals surface area (Å²) in [6, 6.07) is 7.56. The molecule has 18 heavy (non-hydrogen) atoms. The number of nitrogens with two attached hydrogens (primary N) is 1. The summed E-state index contributed by atoms with van der Waals surface area (Å²) in [4.78, 5) is 4.36. The lowest BCUT2D eigenvalue weighted by Gasteiger charge is -2.12. The van der Waals surface area contributed by atoms with Crippen molar-refractivity contribution in [3.05, 3.63) is 34.6 Å². The molecule has 0 aliphatic rings. The Hall–Kier alpha value is -1.20. The highest BCUT2D eigenvalue weighted by molar-refractivity contribution is 9.10. The van der Waals surface area contributed by atoms with Crippen LogP contribution in [0.4, 0.5) is 0 Å². The monoisotopic (exact) mass is 309 g/mol. The van der Waals surface area contributed by atoms with Gasteiger partial charge in [-0.2, -0.15) is 4.98 Å². The topological polar surface area (TPSA) is 64.9 Å². The van der Waals surface area contributed by atoms with E-state index in [1.165, 1.54) is 0 Å². The molecule has 1 aromatic carbocycles. The first-order chi connectivity index (χ1) is 8.61. The number of aromatic nitrogens is 2. The van der Waals surface area contributed by atoms with E-state index < -0.39 is 0 Å². The molecule has 0 spiro atoms. The van der Waals surface area contributed by atoms with Gasteiger partial charge in [-0.25, -0.2) is 0 Å². The van der Waals surface area contributed by atoms with Crippen molar-refractivity contribution in [1.29, 1.82) is 0 Å². The lowest BCUT2D eigenvalue weighted by atomic mass is 10.0. The van der Waals surface area contributed by atoms with Gasteiger partial charge in [0.1, 0.15) is 0 Å². The van der Waals surface area contributed by atoms with Crippen LogP contribution < -0.4 is 5.73 Å². The van der Waals surface area contributed by atoms with Crippen LogP contribution in [0, 0.1) is 5.92 Å². The molecule has 0 radical (unpaired) electrons. The molecule has 1 aromatic heterocycles. The van der Waals surface area contributed by atoms with E-state index in [-0.39, 0.29) is 6.04 Å². The molecule has 0 aliphatic carbocycles. The van der Waals surface area contributed by atoms with E-state index in [1.807, 2.05) is 24.3 Å². The summed E-state index contributed by atoms with van der Waals surface area (Å²) in [5.74, 6) is 1.40. The molecule has 1 unspecified atom stereocenters. The standard InChI is InChI=1S/C13H16BrN3O/c1-3-8(2)11(15)13-16-12(17-18-13)9-4-6-10(14)7-5-9/h4-8,11H,3,15H2,1-2H3/t8?,11-/m0/s1. The quantitative estimate of drug-likeness (QED) is 0.938. The fourth-order valence-corrected chi connectivity index (χ4v) is 1.85. The minimum atomic E-state index is -0.202. The average Bonchev–Trinajstić information content (AvgIpc) is 2.87. The highest BCUT2D eigenvalue weighted by Crippen LogP contribution is 2.24. The van der Waals surface area contributed by atoms with Crippen molar-refractivity contribution in [1.82, 2.24) is 10.1 Å². The molecule has 0 aliphatic heterocycles. The summed E-state index contributed by atoms with van der Waals surface area (Å²) >= 11 is 3.39. The van der Waals surface area contributed by atoms with Crippen molar-refractivity contribution in [2.75, 3.05) is 0 Å². The van der Waals surface area contributed by atoms with Gasteiger partial charge in [-0.05, 0) is 30.2 Å². The van der Waals surface area contributed by atoms with Gasteiger partial charge in [0.2, 0.25) is 11.7 Å². The summed E-state index contributed by atoms with van der Waals surface area (Å²) in [6.07, 6.45) is 0.983. The van der Waals surface area contributed by atoms with Gasteiger partial charge in [-0.15, -0.1) is 0 Å². The lowest BCUT2D eigenvalue weighted by Crippen LogP contribution is -2.18. The second-order valence-electron chi connectivity index (χ2n) is 4.37. The summed E-state index contributed by atoms with van der Waals surface area (Å²) in [5, 5.41) is 3.97. The van der Waals surface area contributed by atoms with E-state index >= 15 is 0 Å². The molecule has 0 bridgehead atoms. The van der Waals surface area contributed by atoms with Crippen molar-refractivity contribution in [2.45, 2.75) is 26.3 Å². The van der Waals surface area contributed by atoms with Gasteiger partial charge >= 0.3 is 0 Å². The van der Waals surface area contributed by atoms with E-state index in [1.54, 1.807) is 0 Å². The van der Waals surface area contributed by atoms with Gasteiger partial charge in [0.05, 0.1) is 6.04 Å². The molecule has 0 amide bonds. The predicted molar refractivity (Wildman–Crippen MR) is 73.8 cm³/mol. The third-order valence-corrected chi connectivity index (χ3v) is 3.61. The normalized spacial score (nSPS) is 14.4. The number of hydrogen-bond donors (Lipinski definition) is 1. The van der Waals surface area contributed by atoms with Crippen molar-refractivity contribution >= 4 is 15.9 Å². The number of nitrogens with zero attached hydrogens (tertiary/aromatic N) is 2. The number of hydrogen-bond acceptors (Lipinski definition) is 4. The molecule has 1 heterocycles. The lowest BCUT2D eigenvalue weighted by molar-refractivity contribution is 0.312. The molecule has 4 nitrogen and oxygen atoms in total. The summed E-state index contributed by atoms with van der Waals surface area (Å²) in [5.41, 5.74) is 6.98. The van der Waals surface area contributed by atoms with Gasteiger partial charge in [0, 0.05) is 10.0 Å². The molecule has 5 heteroatoms. The van der Waals surface area contributed by atoms with Crippen LogP contribution in [-0.4, -0.2) is 10.1 Å². The fraction of sp³-hybridized carbons (Fsp3) is 0.385. The van der Waals surface area contributed by atoms with Crippen LogP contribution in [0.3, 0.4) is 0 Å². The Bertz CT molecular complexity index is 509. The fourth-order valence-electron chi connectivity index (χ4n) is 1.58. The zero-order valence-electron chi connectivity index (χ0n) is 10.4. The minimum absolute atomic E-state index is 0.202. The smallest absolute Gasteiger partial charge is 0.244 e. The van der Waals surface area contributed by atoms with Crippen molar-refractivity contribution < 1.29 is 4.52 Å². The Morgan fingerprint density at radius 1 is 1.33 bits per heavy atom. The maximum atomic E-state index is 6.06. The summed E-state index contributed by atoms with van der Waals surface area (Å²) in [6.45, 7) is 4.17. The highest BCUT2D eigenvalue weighted by Gasteiger charge is 2.20. The van der Waals surface area contributed by atoms with E-state index in [0.29, 0.717) is 17.6 Å². The largest absolute Gasteiger partial charge is 0.337 e. The van der Waals surface area contributed by atoms with Crippen LogP contribution in [0.25, 0.3) is 11.4 Å². The van der Waals surface area contributed by atoms with Gasteiger partial charge in [-0.1, -0.05) is 41.4 Å². The Morgan fingerprint density at radius 3 is 2.61 bits per heavy atom. The van der Waals surface area contributed by atoms with Crippen LogP contribution >= 0.6 is 15.9 Å². The molecule has 2 atom stereocenters. The number of benzene rings is 1. The first-order valence-corrected chi connectivity index (χ1v) is 6.76. The van der Waals surface area contributed by atoms with Crippen LogP contribution in [0.5, 0.6) is 0 Å². The molecular formula is C13H16BrN3O. The van der Waals surface area contributed by atoms with E-state index in [0.717, 1.165) is 16.5 Å². The number of halogens is 1. The second-order valence-corrected chi connectivity index (χ2v) is 5.29. The maximum absolute atomic E-state index is 6.06. The van der Waals surface area contributed by atoms with Crippen LogP contribution in [0.2, 0.25) is 0 Å². The molecule has 2 rings (SSSR count). The van der Waals surface area contributed by atoms with Crippen molar-refractivity contribution in [3.8, 4) is 11.4 Å². The maximum Gasteiger partial charge on any atom is 0.244 e. The molecule has 2 N–H and O–H groups in total. The zero-order valence-corrected chi connectivity index (χ0v) is 12.0. The molecule has 0 saturated heterocycles. The second kappa shape index (κ2) is 5.63. The van der Waals surface area contributed by atoms with Gasteiger partial charge in [0.25, 0.3) is 0 Å². The zero-order chi connectivity index (χ0) is 13.1. The summed E-state index contributed by atoms with van der Waals surface area (Å²) < 4.78 is 6.26. The highest BCUT2D eigenvalue weighted by atomic mass is 79.9. The minimum Gasteiger partial charge on any atom is -0.337 e. The van der Waals surface area contributed by atoms with E-state index in [9.17, 15) is 0 Å². The molecule has 2 aromatic rings. The van der Waals surface area contributed by atoms with Crippen LogP contribution in [-0.2, 0) is 0 Å². The average molecular weight is 310 g/mol. The third-order valence-electron chi connectivity index (χ3n) is 3.09. The first-order valence-electron chi connectivity index (χ1n) is 5.97. The van der Waals surface area contributed by atoms with Gasteiger partial charge < -0.3 is 10.3 Å². The Kier molecular flexibility index (Phi) is 4.14. The first kappa shape index (κ1) is 13.2. The van der Waals surface area contributed by atoms with E-state index in [4.69, 9.17) is 10.3 Å². The Morgan fingerprint density at radius 2 is 2.00 bits per heavy atom. The molecule has 96 valence electrons. The summed E-state index contributed by atoms with van der Waals surface area (Å²) in [7, 11) is 0. The SMILES string of the molecule is CCC(C)[C@H](N)c1nc(-c2ccc(Br)cc2)no1. The Labute approximate surface area is 115 Å². The predicted octanol–water partition coefficient (Wildman–Crippen LogP) is 3.55. The molecule has 0 saturated carbocycles. The molecular weight excluding hydrogens is 294 g/mol. The van der Waals surface area contributed by atoms with Crippen LogP contribution in [0.1, 0.15) is 32.2 Å². The molecule has 0 fully saturated rings. The van der Waals surface area contributed by atoms with E-state index in [2.05, 4.69) is 39.9 Å². The van der Waals surface area contributed by atoms with Gasteiger partial charge in [-0.3, -0.25) is 0 Å². The number of rotatable bonds is 4. The van der Waals surface area contributed by atoms with Crippen molar-refractivity contribution in [3.63, 3.8) is 0 Å².